The molecular weight excluding hydrogens is 380 g/mol. The number of anilines is 1. The van der Waals surface area contributed by atoms with Crippen LogP contribution in [0.4, 0.5) is 5.95 Å². The van der Waals surface area contributed by atoms with Crippen molar-refractivity contribution in [1.29, 1.82) is 0 Å². The zero-order valence-electron chi connectivity index (χ0n) is 17.0. The van der Waals surface area contributed by atoms with Gasteiger partial charge in [-0.25, -0.2) is 4.98 Å². The number of benzene rings is 2. The molecule has 1 aliphatic heterocycles. The molecule has 2 heterocycles. The third kappa shape index (κ3) is 4.50. The number of nitrogens with zero attached hydrogens (tertiary/aromatic N) is 4. The van der Waals surface area contributed by atoms with Gasteiger partial charge in [0.05, 0.1) is 13.2 Å². The van der Waals surface area contributed by atoms with Gasteiger partial charge in [0.25, 0.3) is 0 Å². The fourth-order valence-electron chi connectivity index (χ4n) is 3.40. The summed E-state index contributed by atoms with van der Waals surface area (Å²) in [6.45, 7) is 3.96. The molecule has 0 bridgehead atoms. The van der Waals surface area contributed by atoms with Crippen LogP contribution in [0.3, 0.4) is 0 Å². The molecule has 0 saturated carbocycles. The van der Waals surface area contributed by atoms with E-state index in [9.17, 15) is 0 Å². The number of morpholine rings is 1. The van der Waals surface area contributed by atoms with Crippen molar-refractivity contribution in [3.05, 3.63) is 59.8 Å². The van der Waals surface area contributed by atoms with Crippen molar-refractivity contribution in [1.82, 2.24) is 15.3 Å². The lowest BCUT2D eigenvalue weighted by atomic mass is 10.0. The summed E-state index contributed by atoms with van der Waals surface area (Å²) in [5.74, 6) is 6.92. The highest BCUT2D eigenvalue weighted by molar-refractivity contribution is 6.13. The van der Waals surface area contributed by atoms with Crippen LogP contribution in [-0.4, -0.2) is 62.2 Å². The number of hydrazone groups is 1. The lowest BCUT2D eigenvalue weighted by molar-refractivity contribution is 0.122. The third-order valence-corrected chi connectivity index (χ3v) is 4.98. The summed E-state index contributed by atoms with van der Waals surface area (Å²) in [6, 6.07) is 16.1. The first-order valence-corrected chi connectivity index (χ1v) is 10.0. The van der Waals surface area contributed by atoms with Crippen molar-refractivity contribution in [2.45, 2.75) is 0 Å². The van der Waals surface area contributed by atoms with Gasteiger partial charge in [0.15, 0.2) is 0 Å². The number of rotatable bonds is 7. The Hall–Kier alpha value is -3.23. The summed E-state index contributed by atoms with van der Waals surface area (Å²) in [6.07, 6.45) is 0. The highest BCUT2D eigenvalue weighted by Crippen LogP contribution is 2.22. The van der Waals surface area contributed by atoms with Crippen molar-refractivity contribution in [2.75, 3.05) is 51.4 Å². The molecule has 8 heteroatoms. The minimum atomic E-state index is 0.499. The second-order valence-electron chi connectivity index (χ2n) is 6.98. The van der Waals surface area contributed by atoms with E-state index < -0.39 is 0 Å². The van der Waals surface area contributed by atoms with E-state index in [0.717, 1.165) is 29.4 Å². The fraction of sp³-hybridized carbons (Fsp3) is 0.318. The second-order valence-corrected chi connectivity index (χ2v) is 6.98. The van der Waals surface area contributed by atoms with Crippen LogP contribution in [0.25, 0.3) is 10.8 Å². The second kappa shape index (κ2) is 9.51. The van der Waals surface area contributed by atoms with Crippen molar-refractivity contribution >= 4 is 22.4 Å². The molecule has 1 aliphatic rings. The molecule has 0 spiro atoms. The van der Waals surface area contributed by atoms with E-state index in [1.165, 1.54) is 0 Å². The monoisotopic (exact) mass is 406 g/mol. The number of likely N-dealkylation sites (N-methyl/N-ethyl adjacent to an activating group) is 1. The standard InChI is InChI=1S/C22H26N6O2/c1-24-8-11-30-20-15-19(25-22(26-20)28-9-12-29-13-10-28)21(27-23)18-7-6-16-4-2-3-5-17(16)14-18/h2-7,14-15,24H,8-13,23H2,1H3. The van der Waals surface area contributed by atoms with Crippen molar-refractivity contribution < 1.29 is 9.47 Å². The van der Waals surface area contributed by atoms with Crippen LogP contribution < -0.4 is 20.8 Å². The molecule has 1 saturated heterocycles. The molecule has 0 radical (unpaired) electrons. The van der Waals surface area contributed by atoms with E-state index in [4.69, 9.17) is 20.3 Å². The van der Waals surface area contributed by atoms with Gasteiger partial charge in [-0.1, -0.05) is 36.4 Å². The van der Waals surface area contributed by atoms with Gasteiger partial charge in [-0.2, -0.15) is 10.1 Å². The van der Waals surface area contributed by atoms with Crippen LogP contribution >= 0.6 is 0 Å². The smallest absolute Gasteiger partial charge is 0.229 e. The highest BCUT2D eigenvalue weighted by atomic mass is 16.5. The van der Waals surface area contributed by atoms with Crippen molar-refractivity contribution in [3.63, 3.8) is 0 Å². The number of aromatic nitrogens is 2. The Morgan fingerprint density at radius 1 is 1.13 bits per heavy atom. The topological polar surface area (TPSA) is 97.9 Å². The molecule has 1 fully saturated rings. The van der Waals surface area contributed by atoms with Gasteiger partial charge in [0, 0.05) is 31.3 Å². The molecule has 8 nitrogen and oxygen atoms in total. The quantitative estimate of drug-likeness (QED) is 0.267. The maximum Gasteiger partial charge on any atom is 0.229 e. The fourth-order valence-corrected chi connectivity index (χ4v) is 3.40. The minimum absolute atomic E-state index is 0.499. The van der Waals surface area contributed by atoms with Gasteiger partial charge in [-0.05, 0) is 23.9 Å². The number of nitrogens with one attached hydrogen (secondary N) is 1. The van der Waals surface area contributed by atoms with Gasteiger partial charge in [0.2, 0.25) is 11.8 Å². The van der Waals surface area contributed by atoms with Gasteiger partial charge in [-0.15, -0.1) is 0 Å². The first kappa shape index (κ1) is 20.1. The van der Waals surface area contributed by atoms with E-state index in [1.54, 1.807) is 6.07 Å². The van der Waals surface area contributed by atoms with E-state index in [0.29, 0.717) is 49.6 Å². The predicted octanol–water partition coefficient (Wildman–Crippen LogP) is 1.78. The molecule has 0 amide bonds. The number of ether oxygens (including phenoxy) is 2. The molecule has 3 N–H and O–H groups in total. The van der Waals surface area contributed by atoms with Crippen LogP contribution in [0.1, 0.15) is 11.3 Å². The summed E-state index contributed by atoms with van der Waals surface area (Å²) in [5, 5.41) is 9.42. The molecule has 3 aromatic rings. The number of hydrogen-bond acceptors (Lipinski definition) is 8. The Bertz CT molecular complexity index is 1030. The average molecular weight is 406 g/mol. The summed E-state index contributed by atoms with van der Waals surface area (Å²) >= 11 is 0. The lowest BCUT2D eigenvalue weighted by Gasteiger charge is -2.27. The molecule has 2 aromatic carbocycles. The molecule has 0 aliphatic carbocycles. The summed E-state index contributed by atoms with van der Waals surface area (Å²) in [7, 11) is 1.88. The Balaban J connectivity index is 1.72. The van der Waals surface area contributed by atoms with Gasteiger partial charge in [0.1, 0.15) is 18.0 Å². The normalized spacial score (nSPS) is 14.8. The largest absolute Gasteiger partial charge is 0.476 e. The maximum atomic E-state index is 5.85. The Kier molecular flexibility index (Phi) is 6.36. The molecular formula is C22H26N6O2. The third-order valence-electron chi connectivity index (χ3n) is 4.98. The summed E-state index contributed by atoms with van der Waals surface area (Å²) in [4.78, 5) is 11.5. The lowest BCUT2D eigenvalue weighted by Crippen LogP contribution is -2.37. The van der Waals surface area contributed by atoms with Gasteiger partial charge in [-0.3, -0.25) is 0 Å². The zero-order chi connectivity index (χ0) is 20.8. The van der Waals surface area contributed by atoms with Crippen molar-refractivity contribution in [3.8, 4) is 5.88 Å². The van der Waals surface area contributed by atoms with Gasteiger partial charge < -0.3 is 25.5 Å². The molecule has 156 valence electrons. The molecule has 0 atom stereocenters. The van der Waals surface area contributed by atoms with Crippen LogP contribution in [0, 0.1) is 0 Å². The van der Waals surface area contributed by atoms with E-state index in [-0.39, 0.29) is 0 Å². The first-order chi connectivity index (χ1) is 14.8. The number of nitrogens with two attached hydrogens (primary N) is 1. The number of fused-ring (bicyclic) bond motifs is 1. The maximum absolute atomic E-state index is 5.85. The van der Waals surface area contributed by atoms with Gasteiger partial charge >= 0.3 is 0 Å². The Morgan fingerprint density at radius 2 is 1.93 bits per heavy atom. The van der Waals surface area contributed by atoms with Crippen LogP contribution in [-0.2, 0) is 4.74 Å². The zero-order valence-corrected chi connectivity index (χ0v) is 17.0. The van der Waals surface area contributed by atoms with Crippen LogP contribution in [0.5, 0.6) is 5.88 Å². The molecule has 0 unspecified atom stereocenters. The highest BCUT2D eigenvalue weighted by Gasteiger charge is 2.19. The van der Waals surface area contributed by atoms with Crippen LogP contribution in [0.2, 0.25) is 0 Å². The summed E-state index contributed by atoms with van der Waals surface area (Å²) in [5.41, 5.74) is 2.11. The Morgan fingerprint density at radius 3 is 2.70 bits per heavy atom. The number of hydrogen-bond donors (Lipinski definition) is 2. The molecule has 1 aromatic heterocycles. The SMILES string of the molecule is CNCCOc1cc(C(=NN)c2ccc3ccccc3c2)nc(N2CCOCC2)n1. The molecule has 4 rings (SSSR count). The average Bonchev–Trinajstić information content (AvgIpc) is 2.80. The van der Waals surface area contributed by atoms with Crippen molar-refractivity contribution in [2.24, 2.45) is 10.9 Å². The van der Waals surface area contributed by atoms with E-state index in [2.05, 4.69) is 44.6 Å². The minimum Gasteiger partial charge on any atom is -0.476 e. The van der Waals surface area contributed by atoms with E-state index in [1.807, 2.05) is 25.2 Å². The molecule has 30 heavy (non-hydrogen) atoms. The summed E-state index contributed by atoms with van der Waals surface area (Å²) < 4.78 is 11.3. The predicted molar refractivity (Wildman–Crippen MR) is 118 cm³/mol. The first-order valence-electron chi connectivity index (χ1n) is 10.0. The van der Waals surface area contributed by atoms with E-state index >= 15 is 0 Å². The Labute approximate surface area is 175 Å². The van der Waals surface area contributed by atoms with Crippen LogP contribution in [0.15, 0.2) is 53.6 Å².